The van der Waals surface area contributed by atoms with Crippen molar-refractivity contribution >= 4 is 11.7 Å². The lowest BCUT2D eigenvalue weighted by atomic mass is 9.96. The van der Waals surface area contributed by atoms with Crippen molar-refractivity contribution in [3.63, 3.8) is 0 Å². The van der Waals surface area contributed by atoms with Gasteiger partial charge in [0, 0.05) is 42.4 Å². The number of hydrogen-bond donors (Lipinski definition) is 1. The largest absolute Gasteiger partial charge is 0.356 e. The molecule has 1 atom stereocenters. The number of halogens is 1. The highest BCUT2D eigenvalue weighted by Crippen LogP contribution is 2.22. The first-order valence-electron chi connectivity index (χ1n) is 7.15. The van der Waals surface area contributed by atoms with Crippen LogP contribution in [0.1, 0.15) is 23.2 Å². The summed E-state index contributed by atoms with van der Waals surface area (Å²) >= 11 is 0. The number of pyridine rings is 1. The van der Waals surface area contributed by atoms with Gasteiger partial charge in [0.25, 0.3) is 0 Å². The summed E-state index contributed by atoms with van der Waals surface area (Å²) in [5.74, 6) is -0.715. The van der Waals surface area contributed by atoms with Crippen molar-refractivity contribution < 1.29 is 14.0 Å². The molecule has 3 rings (SSSR count). The molecule has 4 nitrogen and oxygen atoms in total. The van der Waals surface area contributed by atoms with Crippen molar-refractivity contribution in [1.29, 1.82) is 0 Å². The number of Topliss-reactive ketones (excluding diaryl/α,β-unsaturated/α-hetero) is 1. The lowest BCUT2D eigenvalue weighted by Gasteiger charge is -2.07. The summed E-state index contributed by atoms with van der Waals surface area (Å²) in [5, 5.41) is 2.73. The van der Waals surface area contributed by atoms with E-state index < -0.39 is 0 Å². The SMILES string of the molecule is O=C(CC1CCNC1=O)c1cncc(-c2ccc(F)cc2)c1. The van der Waals surface area contributed by atoms with Gasteiger partial charge in [-0.3, -0.25) is 14.6 Å². The van der Waals surface area contributed by atoms with E-state index in [1.165, 1.54) is 18.3 Å². The summed E-state index contributed by atoms with van der Waals surface area (Å²) in [4.78, 5) is 27.9. The molecule has 0 aliphatic carbocycles. The Balaban J connectivity index is 1.80. The van der Waals surface area contributed by atoms with Crippen molar-refractivity contribution in [2.45, 2.75) is 12.8 Å². The highest BCUT2D eigenvalue weighted by molar-refractivity contribution is 5.99. The van der Waals surface area contributed by atoms with Gasteiger partial charge in [-0.1, -0.05) is 12.1 Å². The van der Waals surface area contributed by atoms with Crippen molar-refractivity contribution in [3.8, 4) is 11.1 Å². The number of rotatable bonds is 4. The van der Waals surface area contributed by atoms with Gasteiger partial charge >= 0.3 is 0 Å². The summed E-state index contributed by atoms with van der Waals surface area (Å²) in [6, 6.07) is 7.75. The number of carbonyl (C=O) groups excluding carboxylic acids is 2. The predicted molar refractivity (Wildman–Crippen MR) is 79.7 cm³/mol. The number of aromatic nitrogens is 1. The Morgan fingerprint density at radius 2 is 2.00 bits per heavy atom. The Morgan fingerprint density at radius 3 is 2.68 bits per heavy atom. The third-order valence-electron chi connectivity index (χ3n) is 3.83. The second kappa shape index (κ2) is 6.05. The van der Waals surface area contributed by atoms with Crippen LogP contribution in [0, 0.1) is 11.7 Å². The zero-order valence-corrected chi connectivity index (χ0v) is 11.9. The summed E-state index contributed by atoms with van der Waals surface area (Å²) in [6.45, 7) is 0.630. The minimum atomic E-state index is -0.309. The van der Waals surface area contributed by atoms with Crippen LogP contribution in [0.15, 0.2) is 42.7 Å². The molecule has 1 saturated heterocycles. The van der Waals surface area contributed by atoms with Crippen LogP contribution in [0.25, 0.3) is 11.1 Å². The molecule has 1 N–H and O–H groups in total. The molecule has 1 fully saturated rings. The van der Waals surface area contributed by atoms with Crippen LogP contribution in [-0.2, 0) is 4.79 Å². The van der Waals surface area contributed by atoms with Crippen molar-refractivity contribution in [2.75, 3.05) is 6.54 Å². The van der Waals surface area contributed by atoms with Crippen LogP contribution in [0.5, 0.6) is 0 Å². The molecule has 5 heteroatoms. The number of ketones is 1. The summed E-state index contributed by atoms with van der Waals surface area (Å²) in [5.41, 5.74) is 2.02. The van der Waals surface area contributed by atoms with Crippen molar-refractivity contribution in [2.24, 2.45) is 5.92 Å². The molecular weight excluding hydrogens is 283 g/mol. The Labute approximate surface area is 127 Å². The van der Waals surface area contributed by atoms with E-state index in [2.05, 4.69) is 10.3 Å². The van der Waals surface area contributed by atoms with Gasteiger partial charge < -0.3 is 5.32 Å². The van der Waals surface area contributed by atoms with E-state index in [1.807, 2.05) is 0 Å². The maximum Gasteiger partial charge on any atom is 0.223 e. The summed E-state index contributed by atoms with van der Waals surface area (Å²) < 4.78 is 13.0. The monoisotopic (exact) mass is 298 g/mol. The Morgan fingerprint density at radius 1 is 1.23 bits per heavy atom. The lowest BCUT2D eigenvalue weighted by Crippen LogP contribution is -2.21. The van der Waals surface area contributed by atoms with Gasteiger partial charge in [-0.15, -0.1) is 0 Å². The van der Waals surface area contributed by atoms with Gasteiger partial charge in [0.15, 0.2) is 5.78 Å². The van der Waals surface area contributed by atoms with Gasteiger partial charge in [0.2, 0.25) is 5.91 Å². The molecule has 0 spiro atoms. The number of amides is 1. The molecule has 1 aromatic carbocycles. The maximum absolute atomic E-state index is 13.0. The number of nitrogens with one attached hydrogen (secondary N) is 1. The van der Waals surface area contributed by atoms with Crippen molar-refractivity contribution in [3.05, 3.63) is 54.1 Å². The predicted octanol–water partition coefficient (Wildman–Crippen LogP) is 2.60. The molecular formula is C17H15FN2O2. The molecule has 1 aliphatic rings. The van der Waals surface area contributed by atoms with Crippen LogP contribution in [0.3, 0.4) is 0 Å². The third kappa shape index (κ3) is 3.03. The van der Waals surface area contributed by atoms with Gasteiger partial charge in [-0.05, 0) is 30.2 Å². The number of hydrogen-bond acceptors (Lipinski definition) is 3. The van der Waals surface area contributed by atoms with Crippen LogP contribution < -0.4 is 5.32 Å². The fourth-order valence-corrected chi connectivity index (χ4v) is 2.57. The van der Waals surface area contributed by atoms with Crippen LogP contribution in [-0.4, -0.2) is 23.2 Å². The third-order valence-corrected chi connectivity index (χ3v) is 3.83. The molecule has 112 valence electrons. The van der Waals surface area contributed by atoms with Gasteiger partial charge in [-0.2, -0.15) is 0 Å². The first-order chi connectivity index (χ1) is 10.6. The Kier molecular flexibility index (Phi) is 3.96. The first kappa shape index (κ1) is 14.4. The minimum absolute atomic E-state index is 0.0593. The quantitative estimate of drug-likeness (QED) is 0.883. The lowest BCUT2D eigenvalue weighted by molar-refractivity contribution is -0.122. The average molecular weight is 298 g/mol. The standard InChI is InChI=1S/C17H15FN2O2/c18-15-3-1-11(2-4-15)13-7-14(10-19-9-13)16(21)8-12-5-6-20-17(12)22/h1-4,7,9-10,12H,5-6,8H2,(H,20,22). The van der Waals surface area contributed by atoms with Crippen LogP contribution >= 0.6 is 0 Å². The van der Waals surface area contributed by atoms with Gasteiger partial charge in [0.1, 0.15) is 5.82 Å². The van der Waals surface area contributed by atoms with E-state index >= 15 is 0 Å². The minimum Gasteiger partial charge on any atom is -0.356 e. The van der Waals surface area contributed by atoms with E-state index in [0.717, 1.165) is 11.1 Å². The summed E-state index contributed by atoms with van der Waals surface area (Å²) in [7, 11) is 0. The van der Waals surface area contributed by atoms with E-state index in [1.54, 1.807) is 24.4 Å². The topological polar surface area (TPSA) is 59.1 Å². The van der Waals surface area contributed by atoms with E-state index in [9.17, 15) is 14.0 Å². The zero-order chi connectivity index (χ0) is 15.5. The molecule has 1 amide bonds. The zero-order valence-electron chi connectivity index (χ0n) is 11.9. The number of carbonyl (C=O) groups is 2. The fourth-order valence-electron chi connectivity index (χ4n) is 2.57. The van der Waals surface area contributed by atoms with E-state index in [4.69, 9.17) is 0 Å². The maximum atomic E-state index is 13.0. The highest BCUT2D eigenvalue weighted by Gasteiger charge is 2.26. The molecule has 22 heavy (non-hydrogen) atoms. The molecule has 0 radical (unpaired) electrons. The normalized spacial score (nSPS) is 17.3. The number of benzene rings is 1. The van der Waals surface area contributed by atoms with E-state index in [0.29, 0.717) is 18.5 Å². The average Bonchev–Trinajstić information content (AvgIpc) is 2.93. The first-order valence-corrected chi connectivity index (χ1v) is 7.15. The molecule has 1 aliphatic heterocycles. The second-order valence-corrected chi connectivity index (χ2v) is 5.37. The van der Waals surface area contributed by atoms with Gasteiger partial charge in [-0.25, -0.2) is 4.39 Å². The summed E-state index contributed by atoms with van der Waals surface area (Å²) in [6.07, 6.45) is 4.02. The van der Waals surface area contributed by atoms with Gasteiger partial charge in [0.05, 0.1) is 0 Å². The molecule has 0 saturated carbocycles. The van der Waals surface area contributed by atoms with E-state index in [-0.39, 0.29) is 29.8 Å². The smallest absolute Gasteiger partial charge is 0.223 e. The van der Waals surface area contributed by atoms with Crippen LogP contribution in [0.2, 0.25) is 0 Å². The molecule has 1 unspecified atom stereocenters. The van der Waals surface area contributed by atoms with Crippen molar-refractivity contribution in [1.82, 2.24) is 10.3 Å². The Bertz CT molecular complexity index is 713. The molecule has 2 aromatic rings. The molecule has 1 aromatic heterocycles. The fraction of sp³-hybridized carbons (Fsp3) is 0.235. The molecule has 2 heterocycles. The Hall–Kier alpha value is -2.56. The molecule has 0 bridgehead atoms. The second-order valence-electron chi connectivity index (χ2n) is 5.37. The highest BCUT2D eigenvalue weighted by atomic mass is 19.1. The number of nitrogens with zero attached hydrogens (tertiary/aromatic N) is 1. The van der Waals surface area contributed by atoms with Crippen LogP contribution in [0.4, 0.5) is 4.39 Å².